The molecular formula is C18H27ClN4O2S. The van der Waals surface area contributed by atoms with Crippen LogP contribution in [0.25, 0.3) is 0 Å². The van der Waals surface area contributed by atoms with Crippen molar-refractivity contribution >= 4 is 41.8 Å². The third-order valence-electron chi connectivity index (χ3n) is 4.60. The highest BCUT2D eigenvalue weighted by Gasteiger charge is 2.25. The molecule has 1 unspecified atom stereocenters. The molecule has 3 N–H and O–H groups in total. The van der Waals surface area contributed by atoms with Crippen LogP contribution in [0.4, 0.5) is 10.5 Å². The molecule has 144 valence electrons. The van der Waals surface area contributed by atoms with Crippen LogP contribution in [0.1, 0.15) is 19.3 Å². The summed E-state index contributed by atoms with van der Waals surface area (Å²) in [6.45, 7) is 2.32. The number of benzene rings is 1. The highest BCUT2D eigenvalue weighted by atomic mass is 35.5. The first-order valence-electron chi connectivity index (χ1n) is 8.92. The van der Waals surface area contributed by atoms with Crippen LogP contribution in [0.5, 0.6) is 0 Å². The van der Waals surface area contributed by atoms with Crippen molar-refractivity contribution in [3.8, 4) is 0 Å². The van der Waals surface area contributed by atoms with E-state index in [9.17, 15) is 9.59 Å². The summed E-state index contributed by atoms with van der Waals surface area (Å²) < 4.78 is 0. The fourth-order valence-electron chi connectivity index (χ4n) is 3.21. The number of carbonyl (C=O) groups is 2. The monoisotopic (exact) mass is 398 g/mol. The van der Waals surface area contributed by atoms with Gasteiger partial charge in [0.1, 0.15) is 0 Å². The predicted molar refractivity (Wildman–Crippen MR) is 109 cm³/mol. The van der Waals surface area contributed by atoms with Crippen molar-refractivity contribution in [1.29, 1.82) is 0 Å². The molecule has 2 aliphatic rings. The van der Waals surface area contributed by atoms with Gasteiger partial charge in [-0.3, -0.25) is 4.79 Å². The van der Waals surface area contributed by atoms with E-state index < -0.39 is 0 Å². The largest absolute Gasteiger partial charge is 0.353 e. The van der Waals surface area contributed by atoms with E-state index in [0.29, 0.717) is 19.5 Å². The molecule has 1 aromatic carbocycles. The summed E-state index contributed by atoms with van der Waals surface area (Å²) >= 11 is 1.90. The molecule has 0 radical (unpaired) electrons. The van der Waals surface area contributed by atoms with Crippen LogP contribution in [0.2, 0.25) is 0 Å². The molecule has 0 saturated carbocycles. The predicted octanol–water partition coefficient (Wildman–Crippen LogP) is 2.32. The van der Waals surface area contributed by atoms with Gasteiger partial charge in [-0.05, 0) is 25.0 Å². The maximum atomic E-state index is 12.3. The Labute approximate surface area is 165 Å². The second-order valence-electron chi connectivity index (χ2n) is 6.56. The molecular weight excluding hydrogens is 372 g/mol. The minimum atomic E-state index is -0.0700. The molecule has 2 fully saturated rings. The molecule has 2 saturated heterocycles. The Morgan fingerprint density at radius 3 is 2.58 bits per heavy atom. The lowest BCUT2D eigenvalue weighted by Gasteiger charge is -2.33. The number of piperidine rings is 1. The number of thioether (sulfide) groups is 1. The van der Waals surface area contributed by atoms with E-state index in [4.69, 9.17) is 0 Å². The lowest BCUT2D eigenvalue weighted by Crippen LogP contribution is -2.49. The van der Waals surface area contributed by atoms with Crippen LogP contribution >= 0.6 is 24.2 Å². The summed E-state index contributed by atoms with van der Waals surface area (Å²) in [4.78, 5) is 26.3. The summed E-state index contributed by atoms with van der Waals surface area (Å²) in [7, 11) is 0. The first kappa shape index (κ1) is 20.9. The molecule has 3 rings (SSSR count). The van der Waals surface area contributed by atoms with Crippen LogP contribution in [0.3, 0.4) is 0 Å². The Bertz CT molecular complexity index is 576. The molecule has 0 aromatic heterocycles. The second-order valence-corrected chi connectivity index (χ2v) is 7.70. The summed E-state index contributed by atoms with van der Waals surface area (Å²) in [5.74, 6) is 2.25. The third-order valence-corrected chi connectivity index (χ3v) is 5.73. The van der Waals surface area contributed by atoms with E-state index in [1.54, 1.807) is 0 Å². The third kappa shape index (κ3) is 6.37. The zero-order valence-corrected chi connectivity index (χ0v) is 16.4. The molecule has 0 aliphatic carbocycles. The number of halogens is 1. The zero-order chi connectivity index (χ0) is 17.5. The summed E-state index contributed by atoms with van der Waals surface area (Å²) in [5, 5.41) is 9.43. The molecule has 26 heavy (non-hydrogen) atoms. The average molecular weight is 399 g/mol. The van der Waals surface area contributed by atoms with Crippen molar-refractivity contribution in [3.05, 3.63) is 30.3 Å². The lowest BCUT2D eigenvalue weighted by molar-refractivity contribution is -0.122. The van der Waals surface area contributed by atoms with Crippen LogP contribution in [-0.2, 0) is 4.79 Å². The highest BCUT2D eigenvalue weighted by Crippen LogP contribution is 2.14. The van der Waals surface area contributed by atoms with Gasteiger partial charge in [-0.1, -0.05) is 18.2 Å². The van der Waals surface area contributed by atoms with Gasteiger partial charge < -0.3 is 20.9 Å². The fraction of sp³-hybridized carbons (Fsp3) is 0.556. The number of hydrogen-bond donors (Lipinski definition) is 3. The van der Waals surface area contributed by atoms with E-state index in [1.807, 2.05) is 47.0 Å². The number of para-hydroxylation sites is 1. The number of urea groups is 1. The standard InChI is InChI=1S/C18H26N4O2S.ClH/c23-17(12-16-13-25-11-8-19-16)20-15-6-9-22(10-7-15)18(24)21-14-4-2-1-3-5-14;/h1-5,15-16,19H,6-13H2,(H,20,23)(H,21,24);1H. The van der Waals surface area contributed by atoms with Crippen LogP contribution in [-0.4, -0.2) is 60.1 Å². The summed E-state index contributed by atoms with van der Waals surface area (Å²) in [5.41, 5.74) is 0.806. The molecule has 3 amide bonds. The Kier molecular flexibility index (Phi) is 8.54. The molecule has 1 atom stereocenters. The van der Waals surface area contributed by atoms with Crippen molar-refractivity contribution in [2.45, 2.75) is 31.3 Å². The molecule has 6 nitrogen and oxygen atoms in total. The number of likely N-dealkylation sites (tertiary alicyclic amines) is 1. The lowest BCUT2D eigenvalue weighted by atomic mass is 10.0. The number of carbonyl (C=O) groups excluding carboxylic acids is 2. The number of nitrogens with one attached hydrogen (secondary N) is 3. The molecule has 0 bridgehead atoms. The first-order chi connectivity index (χ1) is 12.2. The maximum Gasteiger partial charge on any atom is 0.321 e. The van der Waals surface area contributed by atoms with E-state index in [-0.39, 0.29) is 36.4 Å². The van der Waals surface area contributed by atoms with Crippen molar-refractivity contribution in [3.63, 3.8) is 0 Å². The van der Waals surface area contributed by atoms with Gasteiger partial charge in [0.05, 0.1) is 0 Å². The van der Waals surface area contributed by atoms with Gasteiger partial charge in [0.2, 0.25) is 5.91 Å². The molecule has 1 aromatic rings. The van der Waals surface area contributed by atoms with Gasteiger partial charge in [-0.15, -0.1) is 12.4 Å². The van der Waals surface area contributed by atoms with Crippen molar-refractivity contribution in [2.24, 2.45) is 0 Å². The van der Waals surface area contributed by atoms with Crippen molar-refractivity contribution < 1.29 is 9.59 Å². The second kappa shape index (κ2) is 10.6. The van der Waals surface area contributed by atoms with E-state index >= 15 is 0 Å². The smallest absolute Gasteiger partial charge is 0.321 e. The average Bonchev–Trinajstić information content (AvgIpc) is 2.64. The SMILES string of the molecule is Cl.O=C(CC1CSCCN1)NC1CCN(C(=O)Nc2ccccc2)CC1. The van der Waals surface area contributed by atoms with E-state index in [0.717, 1.165) is 36.6 Å². The van der Waals surface area contributed by atoms with Crippen molar-refractivity contribution in [1.82, 2.24) is 15.5 Å². The number of amides is 3. The minimum Gasteiger partial charge on any atom is -0.353 e. The zero-order valence-electron chi connectivity index (χ0n) is 14.8. The van der Waals surface area contributed by atoms with Gasteiger partial charge in [-0.2, -0.15) is 11.8 Å². The Morgan fingerprint density at radius 2 is 1.92 bits per heavy atom. The Balaban J connectivity index is 0.00000243. The fourth-order valence-corrected chi connectivity index (χ4v) is 4.16. The first-order valence-corrected chi connectivity index (χ1v) is 10.1. The Morgan fingerprint density at radius 1 is 1.19 bits per heavy atom. The van der Waals surface area contributed by atoms with Crippen LogP contribution in [0.15, 0.2) is 30.3 Å². The van der Waals surface area contributed by atoms with Gasteiger partial charge in [0.25, 0.3) is 0 Å². The number of anilines is 1. The minimum absolute atomic E-state index is 0. The van der Waals surface area contributed by atoms with E-state index in [2.05, 4.69) is 16.0 Å². The number of rotatable bonds is 4. The molecule has 2 heterocycles. The summed E-state index contributed by atoms with van der Waals surface area (Å²) in [6.07, 6.45) is 2.16. The number of nitrogens with zero attached hydrogens (tertiary/aromatic N) is 1. The topological polar surface area (TPSA) is 73.5 Å². The molecule has 0 spiro atoms. The van der Waals surface area contributed by atoms with Gasteiger partial charge in [0.15, 0.2) is 0 Å². The van der Waals surface area contributed by atoms with Crippen molar-refractivity contribution in [2.75, 3.05) is 36.5 Å². The molecule has 2 aliphatic heterocycles. The van der Waals surface area contributed by atoms with Crippen LogP contribution < -0.4 is 16.0 Å². The summed E-state index contributed by atoms with van der Waals surface area (Å²) in [6, 6.07) is 9.86. The normalized spacial score (nSPS) is 20.8. The maximum absolute atomic E-state index is 12.3. The quantitative estimate of drug-likeness (QED) is 0.727. The van der Waals surface area contributed by atoms with Crippen LogP contribution in [0, 0.1) is 0 Å². The molecule has 8 heteroatoms. The van der Waals surface area contributed by atoms with Gasteiger partial charge >= 0.3 is 6.03 Å². The van der Waals surface area contributed by atoms with E-state index in [1.165, 1.54) is 0 Å². The Hall–Kier alpha value is -1.44. The van der Waals surface area contributed by atoms with Gasteiger partial charge in [0, 0.05) is 55.3 Å². The number of hydrogen-bond acceptors (Lipinski definition) is 4. The van der Waals surface area contributed by atoms with Gasteiger partial charge in [-0.25, -0.2) is 4.79 Å². The highest BCUT2D eigenvalue weighted by molar-refractivity contribution is 7.99.